The second kappa shape index (κ2) is 5.59. The molecule has 0 fully saturated rings. The molecule has 1 amide bonds. The van der Waals surface area contributed by atoms with E-state index in [1.54, 1.807) is 13.0 Å². The fourth-order valence-electron chi connectivity index (χ4n) is 1.93. The highest BCUT2D eigenvalue weighted by molar-refractivity contribution is 6.34. The Bertz CT molecular complexity index is 663. The van der Waals surface area contributed by atoms with Crippen LogP contribution in [-0.2, 0) is 0 Å². The number of benzene rings is 2. The van der Waals surface area contributed by atoms with Crippen molar-refractivity contribution < 1.29 is 13.6 Å². The summed E-state index contributed by atoms with van der Waals surface area (Å²) in [5.41, 5.74) is 1.73. The molecule has 2 rings (SSSR count). The number of hydrogen-bond acceptors (Lipinski definition) is 1. The molecule has 0 aliphatic rings. The molecule has 2 aromatic rings. The third-order valence-corrected chi connectivity index (χ3v) is 3.14. The molecule has 2 nitrogen and oxygen atoms in total. The minimum Gasteiger partial charge on any atom is -0.320 e. The van der Waals surface area contributed by atoms with Crippen molar-refractivity contribution in [3.8, 4) is 0 Å². The van der Waals surface area contributed by atoms with Crippen LogP contribution in [0.1, 0.15) is 21.5 Å². The van der Waals surface area contributed by atoms with Crippen molar-refractivity contribution in [1.82, 2.24) is 0 Å². The lowest BCUT2D eigenvalue weighted by atomic mass is 10.1. The van der Waals surface area contributed by atoms with Crippen LogP contribution in [0.4, 0.5) is 14.5 Å². The van der Waals surface area contributed by atoms with Crippen LogP contribution in [-0.4, -0.2) is 5.91 Å². The molecule has 2 aromatic carbocycles. The summed E-state index contributed by atoms with van der Waals surface area (Å²) in [5, 5.41) is 2.87. The number of aryl methyl sites for hydroxylation is 2. The van der Waals surface area contributed by atoms with Crippen LogP contribution >= 0.6 is 11.6 Å². The van der Waals surface area contributed by atoms with E-state index in [2.05, 4.69) is 5.32 Å². The van der Waals surface area contributed by atoms with Gasteiger partial charge in [0.1, 0.15) is 11.6 Å². The lowest BCUT2D eigenvalue weighted by molar-refractivity contribution is 0.102. The second-order valence-electron chi connectivity index (χ2n) is 4.52. The highest BCUT2D eigenvalue weighted by Crippen LogP contribution is 2.28. The van der Waals surface area contributed by atoms with E-state index >= 15 is 0 Å². The maximum Gasteiger partial charge on any atom is 0.258 e. The highest BCUT2D eigenvalue weighted by Gasteiger charge is 2.15. The third-order valence-electron chi connectivity index (χ3n) is 2.84. The molecule has 20 heavy (non-hydrogen) atoms. The number of anilines is 1. The Hall–Kier alpha value is -1.94. The fraction of sp³-hybridized carbons (Fsp3) is 0.133. The molecule has 0 radical (unpaired) electrons. The Morgan fingerprint density at radius 2 is 1.85 bits per heavy atom. The first-order chi connectivity index (χ1) is 9.38. The van der Waals surface area contributed by atoms with Crippen LogP contribution in [0.3, 0.4) is 0 Å². The molecule has 104 valence electrons. The first-order valence-electron chi connectivity index (χ1n) is 5.91. The molecule has 0 heterocycles. The van der Waals surface area contributed by atoms with Crippen molar-refractivity contribution in [3.05, 3.63) is 63.7 Å². The Morgan fingerprint density at radius 3 is 2.50 bits per heavy atom. The number of carbonyl (C=O) groups excluding carboxylic acids is 1. The zero-order chi connectivity index (χ0) is 14.9. The summed E-state index contributed by atoms with van der Waals surface area (Å²) < 4.78 is 26.6. The van der Waals surface area contributed by atoms with Gasteiger partial charge in [-0.2, -0.15) is 0 Å². The summed E-state index contributed by atoms with van der Waals surface area (Å²) in [4.78, 5) is 12.0. The summed E-state index contributed by atoms with van der Waals surface area (Å²) in [6.07, 6.45) is 0. The predicted octanol–water partition coefficient (Wildman–Crippen LogP) is 4.49. The molecule has 0 spiro atoms. The topological polar surface area (TPSA) is 29.1 Å². The van der Waals surface area contributed by atoms with Crippen LogP contribution in [0, 0.1) is 25.5 Å². The number of amides is 1. The molecule has 0 atom stereocenters. The Morgan fingerprint density at radius 1 is 1.15 bits per heavy atom. The molecular formula is C15H12ClF2NO. The number of hydrogen-bond donors (Lipinski definition) is 1. The van der Waals surface area contributed by atoms with Gasteiger partial charge < -0.3 is 5.32 Å². The van der Waals surface area contributed by atoms with E-state index < -0.39 is 17.5 Å². The summed E-state index contributed by atoms with van der Waals surface area (Å²) in [5.74, 6) is -2.20. The highest BCUT2D eigenvalue weighted by atomic mass is 35.5. The van der Waals surface area contributed by atoms with Gasteiger partial charge in [-0.3, -0.25) is 4.79 Å². The Labute approximate surface area is 120 Å². The number of nitrogens with one attached hydrogen (secondary N) is 1. The molecule has 0 saturated heterocycles. The van der Waals surface area contributed by atoms with Gasteiger partial charge in [-0.05, 0) is 49.2 Å². The number of halogens is 3. The number of carbonyl (C=O) groups is 1. The van der Waals surface area contributed by atoms with Crippen molar-refractivity contribution in [1.29, 1.82) is 0 Å². The van der Waals surface area contributed by atoms with Crippen molar-refractivity contribution in [2.24, 2.45) is 0 Å². The average molecular weight is 296 g/mol. The van der Waals surface area contributed by atoms with Gasteiger partial charge in [-0.1, -0.05) is 17.7 Å². The quantitative estimate of drug-likeness (QED) is 0.869. The van der Waals surface area contributed by atoms with E-state index in [-0.39, 0.29) is 5.56 Å². The van der Waals surface area contributed by atoms with Gasteiger partial charge in [0.05, 0.1) is 16.3 Å². The molecule has 0 aliphatic heterocycles. The van der Waals surface area contributed by atoms with Crippen LogP contribution < -0.4 is 5.32 Å². The smallest absolute Gasteiger partial charge is 0.258 e. The normalized spacial score (nSPS) is 10.4. The molecule has 0 unspecified atom stereocenters. The maximum atomic E-state index is 13.5. The van der Waals surface area contributed by atoms with Crippen LogP contribution in [0.5, 0.6) is 0 Å². The van der Waals surface area contributed by atoms with Gasteiger partial charge >= 0.3 is 0 Å². The lowest BCUT2D eigenvalue weighted by Crippen LogP contribution is -2.15. The van der Waals surface area contributed by atoms with Crippen LogP contribution in [0.15, 0.2) is 30.3 Å². The van der Waals surface area contributed by atoms with E-state index in [0.717, 1.165) is 29.3 Å². The van der Waals surface area contributed by atoms with Crippen molar-refractivity contribution in [2.45, 2.75) is 13.8 Å². The minimum atomic E-state index is -0.787. The summed E-state index contributed by atoms with van der Waals surface area (Å²) in [7, 11) is 0. The molecule has 0 aliphatic carbocycles. The van der Waals surface area contributed by atoms with Crippen LogP contribution in [0.25, 0.3) is 0 Å². The van der Waals surface area contributed by atoms with Gasteiger partial charge in [-0.15, -0.1) is 0 Å². The van der Waals surface area contributed by atoms with Gasteiger partial charge in [0, 0.05) is 0 Å². The number of rotatable bonds is 2. The third kappa shape index (κ3) is 2.96. The summed E-state index contributed by atoms with van der Waals surface area (Å²) in [6.45, 7) is 3.65. The standard InChI is InChI=1S/C15H12ClF2NO/c1-8-5-9(2)14(12(16)6-8)19-15(20)11-7-10(17)3-4-13(11)18/h3-7H,1-2H3,(H,19,20). The largest absolute Gasteiger partial charge is 0.320 e. The monoisotopic (exact) mass is 295 g/mol. The van der Waals surface area contributed by atoms with Gasteiger partial charge in [0.25, 0.3) is 5.91 Å². The van der Waals surface area contributed by atoms with E-state index in [1.165, 1.54) is 0 Å². The molecule has 5 heteroatoms. The van der Waals surface area contributed by atoms with Crippen molar-refractivity contribution >= 4 is 23.2 Å². The average Bonchev–Trinajstić information content (AvgIpc) is 2.36. The van der Waals surface area contributed by atoms with E-state index in [9.17, 15) is 13.6 Å². The maximum absolute atomic E-state index is 13.5. The van der Waals surface area contributed by atoms with Crippen molar-refractivity contribution in [3.63, 3.8) is 0 Å². The second-order valence-corrected chi connectivity index (χ2v) is 4.92. The minimum absolute atomic E-state index is 0.354. The molecule has 0 saturated carbocycles. The zero-order valence-electron chi connectivity index (χ0n) is 10.9. The molecule has 0 bridgehead atoms. The molecule has 1 N–H and O–H groups in total. The van der Waals surface area contributed by atoms with Crippen molar-refractivity contribution in [2.75, 3.05) is 5.32 Å². The SMILES string of the molecule is Cc1cc(C)c(NC(=O)c2cc(F)ccc2F)c(Cl)c1. The molecular weight excluding hydrogens is 284 g/mol. The Kier molecular flexibility index (Phi) is 4.04. The predicted molar refractivity (Wildman–Crippen MR) is 75.2 cm³/mol. The Balaban J connectivity index is 2.35. The van der Waals surface area contributed by atoms with E-state index in [1.807, 2.05) is 13.0 Å². The first kappa shape index (κ1) is 14.5. The van der Waals surface area contributed by atoms with Gasteiger partial charge in [0.15, 0.2) is 0 Å². The fourth-order valence-corrected chi connectivity index (χ4v) is 2.29. The first-order valence-corrected chi connectivity index (χ1v) is 6.29. The van der Waals surface area contributed by atoms with Gasteiger partial charge in [0.2, 0.25) is 0 Å². The summed E-state index contributed by atoms with van der Waals surface area (Å²) in [6, 6.07) is 6.24. The van der Waals surface area contributed by atoms with Crippen LogP contribution in [0.2, 0.25) is 5.02 Å². The zero-order valence-corrected chi connectivity index (χ0v) is 11.7. The summed E-state index contributed by atoms with van der Waals surface area (Å²) >= 11 is 6.05. The van der Waals surface area contributed by atoms with E-state index in [4.69, 9.17) is 11.6 Å². The van der Waals surface area contributed by atoms with E-state index in [0.29, 0.717) is 10.7 Å². The lowest BCUT2D eigenvalue weighted by Gasteiger charge is -2.12. The molecule has 0 aromatic heterocycles. The van der Waals surface area contributed by atoms with Gasteiger partial charge in [-0.25, -0.2) is 8.78 Å².